The van der Waals surface area contributed by atoms with E-state index < -0.39 is 0 Å². The first kappa shape index (κ1) is 19.5. The summed E-state index contributed by atoms with van der Waals surface area (Å²) >= 11 is 1.71. The minimum atomic E-state index is -0.124. The van der Waals surface area contributed by atoms with Crippen LogP contribution in [0.15, 0.2) is 76.7 Å². The van der Waals surface area contributed by atoms with E-state index in [1.54, 1.807) is 25.1 Å². The van der Waals surface area contributed by atoms with Gasteiger partial charge in [-0.2, -0.15) is 0 Å². The molecule has 4 rings (SSSR count). The Labute approximate surface area is 175 Å². The normalized spacial score (nSPS) is 15.4. The molecule has 2 heterocycles. The lowest BCUT2D eigenvalue weighted by atomic mass is 10.1. The molecular formula is C24H24N2O2S. The molecule has 1 unspecified atom stereocenters. The van der Waals surface area contributed by atoms with Crippen molar-refractivity contribution >= 4 is 17.4 Å². The maximum atomic E-state index is 13.3. The van der Waals surface area contributed by atoms with Crippen LogP contribution < -0.4 is 15.1 Å². The predicted octanol–water partition coefficient (Wildman–Crippen LogP) is 5.38. The van der Waals surface area contributed by atoms with Crippen molar-refractivity contribution in [3.8, 4) is 5.75 Å². The molecule has 0 aliphatic carbocycles. The van der Waals surface area contributed by atoms with Crippen LogP contribution in [-0.4, -0.2) is 12.1 Å². The molecule has 0 spiro atoms. The van der Waals surface area contributed by atoms with Gasteiger partial charge in [-0.3, -0.25) is 9.78 Å². The minimum absolute atomic E-state index is 0.0547. The van der Waals surface area contributed by atoms with Crippen LogP contribution in [0.5, 0.6) is 5.75 Å². The summed E-state index contributed by atoms with van der Waals surface area (Å²) in [4.78, 5) is 21.0. The van der Waals surface area contributed by atoms with Crippen LogP contribution in [0.1, 0.15) is 41.8 Å². The Morgan fingerprint density at radius 1 is 1.14 bits per heavy atom. The van der Waals surface area contributed by atoms with E-state index in [2.05, 4.69) is 48.0 Å². The molecule has 1 aliphatic rings. The van der Waals surface area contributed by atoms with E-state index in [1.807, 2.05) is 36.5 Å². The maximum absolute atomic E-state index is 13.3. The second-order valence-corrected chi connectivity index (χ2v) is 8.53. The van der Waals surface area contributed by atoms with Gasteiger partial charge in [0.2, 0.25) is 5.43 Å². The predicted molar refractivity (Wildman–Crippen MR) is 119 cm³/mol. The number of aromatic nitrogens is 1. The summed E-state index contributed by atoms with van der Waals surface area (Å²) in [6, 6.07) is 18.2. The summed E-state index contributed by atoms with van der Waals surface area (Å²) in [7, 11) is 1.56. The van der Waals surface area contributed by atoms with Gasteiger partial charge in [0.05, 0.1) is 12.8 Å². The largest absolute Gasteiger partial charge is 0.493 e. The fourth-order valence-corrected chi connectivity index (χ4v) is 4.90. The van der Waals surface area contributed by atoms with Crippen LogP contribution in [0.2, 0.25) is 0 Å². The molecule has 2 aromatic carbocycles. The van der Waals surface area contributed by atoms with E-state index in [0.29, 0.717) is 18.2 Å². The van der Waals surface area contributed by atoms with Gasteiger partial charge < -0.3 is 9.64 Å². The number of fused-ring (bicyclic) bond motifs is 1. The van der Waals surface area contributed by atoms with E-state index in [-0.39, 0.29) is 10.8 Å². The summed E-state index contributed by atoms with van der Waals surface area (Å²) < 4.78 is 5.48. The van der Waals surface area contributed by atoms with Crippen molar-refractivity contribution in [3.05, 3.63) is 93.9 Å². The lowest BCUT2D eigenvalue weighted by Gasteiger charge is -2.26. The van der Waals surface area contributed by atoms with Crippen LogP contribution in [0.3, 0.4) is 0 Å². The first-order chi connectivity index (χ1) is 14.1. The highest BCUT2D eigenvalue weighted by molar-refractivity contribution is 8.00. The number of benzene rings is 1. The lowest BCUT2D eigenvalue weighted by Crippen LogP contribution is -2.26. The molecule has 0 saturated carbocycles. The van der Waals surface area contributed by atoms with Gasteiger partial charge >= 0.3 is 0 Å². The topological polar surface area (TPSA) is 42.4 Å². The number of ether oxygens (including phenoxy) is 1. The van der Waals surface area contributed by atoms with E-state index in [9.17, 15) is 4.79 Å². The van der Waals surface area contributed by atoms with Crippen LogP contribution in [0, 0.1) is 0 Å². The molecule has 1 aliphatic heterocycles. The number of rotatable bonds is 5. The Hall–Kier alpha value is -2.79. The number of hydrogen-bond acceptors (Lipinski definition) is 5. The van der Waals surface area contributed by atoms with Crippen LogP contribution in [-0.2, 0) is 6.54 Å². The fraction of sp³-hybridized carbons (Fsp3) is 0.250. The van der Waals surface area contributed by atoms with Crippen LogP contribution in [0.25, 0.3) is 0 Å². The maximum Gasteiger partial charge on any atom is 0.226 e. The third-order valence-corrected chi connectivity index (χ3v) is 6.49. The number of nitrogens with zero attached hydrogens (tertiary/aromatic N) is 2. The zero-order chi connectivity index (χ0) is 20.4. The van der Waals surface area contributed by atoms with Gasteiger partial charge in [0.15, 0.2) is 5.75 Å². The molecule has 5 heteroatoms. The van der Waals surface area contributed by atoms with Crippen molar-refractivity contribution in [2.75, 3.05) is 12.0 Å². The van der Waals surface area contributed by atoms with Crippen molar-refractivity contribution in [1.82, 2.24) is 4.98 Å². The molecule has 0 fully saturated rings. The Bertz CT molecular complexity index is 1070. The molecule has 0 bridgehead atoms. The van der Waals surface area contributed by atoms with Crippen molar-refractivity contribution in [2.24, 2.45) is 0 Å². The minimum Gasteiger partial charge on any atom is -0.493 e. The molecule has 0 radical (unpaired) electrons. The zero-order valence-electron chi connectivity index (χ0n) is 16.8. The van der Waals surface area contributed by atoms with Gasteiger partial charge in [0.1, 0.15) is 5.37 Å². The number of hydrogen-bond donors (Lipinski definition) is 0. The van der Waals surface area contributed by atoms with Gasteiger partial charge in [-0.15, -0.1) is 0 Å². The summed E-state index contributed by atoms with van der Waals surface area (Å²) in [5, 5.41) is -0.124. The Morgan fingerprint density at radius 3 is 2.69 bits per heavy atom. The second-order valence-electron chi connectivity index (χ2n) is 7.41. The smallest absolute Gasteiger partial charge is 0.226 e. The number of para-hydroxylation sites is 1. The Morgan fingerprint density at radius 2 is 1.97 bits per heavy atom. The number of pyridine rings is 1. The van der Waals surface area contributed by atoms with Crippen molar-refractivity contribution in [3.63, 3.8) is 0 Å². The zero-order valence-corrected chi connectivity index (χ0v) is 17.6. The average molecular weight is 405 g/mol. The molecule has 1 atom stereocenters. The standard InChI is InChI=1S/C24H24N2O2S/c1-16(2)18-10-11-19(23(27)21(13-18)28-3)24-26(15-17-7-6-12-25-14-17)20-8-4-5-9-22(20)29-24/h4-14,16,24H,15H2,1-3H3. The van der Waals surface area contributed by atoms with Crippen molar-refractivity contribution < 1.29 is 4.74 Å². The molecule has 0 amide bonds. The van der Waals surface area contributed by atoms with Crippen molar-refractivity contribution in [2.45, 2.75) is 36.6 Å². The fourth-order valence-electron chi connectivity index (χ4n) is 3.57. The van der Waals surface area contributed by atoms with Crippen LogP contribution in [0.4, 0.5) is 5.69 Å². The van der Waals surface area contributed by atoms with Gasteiger partial charge in [-0.05, 0) is 41.3 Å². The molecule has 29 heavy (non-hydrogen) atoms. The van der Waals surface area contributed by atoms with Gasteiger partial charge in [0.25, 0.3) is 0 Å². The first-order valence-electron chi connectivity index (χ1n) is 9.72. The van der Waals surface area contributed by atoms with Gasteiger partial charge in [0, 0.05) is 29.4 Å². The highest BCUT2D eigenvalue weighted by atomic mass is 32.2. The summed E-state index contributed by atoms with van der Waals surface area (Å²) in [5.41, 5.74) is 4.02. The number of anilines is 1. The van der Waals surface area contributed by atoms with E-state index >= 15 is 0 Å². The molecular weight excluding hydrogens is 380 g/mol. The van der Waals surface area contributed by atoms with Gasteiger partial charge in [-0.1, -0.05) is 55.9 Å². The summed E-state index contributed by atoms with van der Waals surface area (Å²) in [6.07, 6.45) is 3.65. The second kappa shape index (κ2) is 8.29. The van der Waals surface area contributed by atoms with Gasteiger partial charge in [-0.25, -0.2) is 0 Å². The summed E-state index contributed by atoms with van der Waals surface area (Å²) in [6.45, 7) is 4.92. The van der Waals surface area contributed by atoms with E-state index in [4.69, 9.17) is 4.74 Å². The first-order valence-corrected chi connectivity index (χ1v) is 10.6. The lowest BCUT2D eigenvalue weighted by molar-refractivity contribution is 0.410. The SMILES string of the molecule is COc1cc(C(C)C)ccc(C2Sc3ccccc3N2Cc2cccnc2)c1=O. The molecule has 0 N–H and O–H groups in total. The number of thioether (sulfide) groups is 1. The monoisotopic (exact) mass is 404 g/mol. The molecule has 1 aromatic heterocycles. The molecule has 3 aromatic rings. The Kier molecular flexibility index (Phi) is 5.58. The summed E-state index contributed by atoms with van der Waals surface area (Å²) in [5.74, 6) is 0.704. The Balaban J connectivity index is 1.83. The highest BCUT2D eigenvalue weighted by Crippen LogP contribution is 2.51. The van der Waals surface area contributed by atoms with E-state index in [1.165, 1.54) is 4.90 Å². The molecule has 4 nitrogen and oxygen atoms in total. The van der Waals surface area contributed by atoms with Crippen LogP contribution >= 0.6 is 11.8 Å². The quantitative estimate of drug-likeness (QED) is 0.571. The number of methoxy groups -OCH3 is 1. The average Bonchev–Trinajstić information content (AvgIpc) is 2.99. The van der Waals surface area contributed by atoms with E-state index in [0.717, 1.165) is 22.4 Å². The van der Waals surface area contributed by atoms with Crippen molar-refractivity contribution in [1.29, 1.82) is 0 Å². The third kappa shape index (κ3) is 3.87. The molecule has 148 valence electrons. The molecule has 0 saturated heterocycles. The highest BCUT2D eigenvalue weighted by Gasteiger charge is 2.33. The third-order valence-electron chi connectivity index (χ3n) is 5.16.